The molecule has 0 spiro atoms. The zero-order valence-electron chi connectivity index (χ0n) is 15.4. The number of nitrogens with zero attached hydrogens (tertiary/aromatic N) is 5. The zero-order chi connectivity index (χ0) is 22.2. The van der Waals surface area contributed by atoms with E-state index in [0.717, 1.165) is 15.3 Å². The molecule has 3 rings (SSSR count). The first kappa shape index (κ1) is 22.3. The minimum Gasteiger partial charge on any atom is -0.385 e. The Morgan fingerprint density at radius 3 is 2.47 bits per heavy atom. The van der Waals surface area contributed by atoms with E-state index in [9.17, 15) is 23.1 Å². The summed E-state index contributed by atoms with van der Waals surface area (Å²) < 4.78 is 40.7. The molecule has 13 heteroatoms. The summed E-state index contributed by atoms with van der Waals surface area (Å²) in [6, 6.07) is 4.82. The number of alkyl halides is 3. The quantitative estimate of drug-likeness (QED) is 0.582. The van der Waals surface area contributed by atoms with E-state index in [1.54, 1.807) is 18.2 Å². The monoisotopic (exact) mass is 465 g/mol. The molecule has 162 valence electrons. The van der Waals surface area contributed by atoms with Crippen molar-refractivity contribution in [2.75, 3.05) is 0 Å². The lowest BCUT2D eigenvalue weighted by Gasteiger charge is -2.14. The summed E-state index contributed by atoms with van der Waals surface area (Å²) in [7, 11) is 0. The minimum absolute atomic E-state index is 0.109. The Morgan fingerprint density at radius 1 is 1.17 bits per heavy atom. The first-order chi connectivity index (χ1) is 14.0. The molecule has 1 aromatic carbocycles. The van der Waals surface area contributed by atoms with Crippen LogP contribution in [0, 0.1) is 0 Å². The van der Waals surface area contributed by atoms with Gasteiger partial charge < -0.3 is 10.2 Å². The summed E-state index contributed by atoms with van der Waals surface area (Å²) in [6.07, 6.45) is -6.18. The lowest BCUT2D eigenvalue weighted by molar-refractivity contribution is -0.207. The molecule has 0 fully saturated rings. The summed E-state index contributed by atoms with van der Waals surface area (Å²) in [6.45, 7) is 0.344. The van der Waals surface area contributed by atoms with Gasteiger partial charge in [-0.15, -0.1) is 5.10 Å². The van der Waals surface area contributed by atoms with E-state index in [2.05, 4.69) is 10.1 Å². The number of hydrogen-bond donors (Lipinski definition) is 2. The van der Waals surface area contributed by atoms with Crippen molar-refractivity contribution in [1.82, 2.24) is 23.9 Å². The number of aliphatic hydroxyl groups is 2. The van der Waals surface area contributed by atoms with E-state index in [4.69, 9.17) is 28.3 Å². The first-order valence-corrected chi connectivity index (χ1v) is 9.33. The SMILES string of the molecule is C[C@H](O)c1nc(Cn2ccn(C[C@H](O)C(F)(F)F)c2=O)nn1-c1cccc(Cl)c1Cl. The summed E-state index contributed by atoms with van der Waals surface area (Å²) in [5.74, 6) is 0.243. The van der Waals surface area contributed by atoms with Gasteiger partial charge in [-0.2, -0.15) is 13.2 Å². The normalized spacial score (nSPS) is 14.1. The zero-order valence-corrected chi connectivity index (χ0v) is 16.9. The van der Waals surface area contributed by atoms with E-state index in [0.29, 0.717) is 5.69 Å². The summed E-state index contributed by atoms with van der Waals surface area (Å²) in [5, 5.41) is 23.9. The van der Waals surface area contributed by atoms with Crippen LogP contribution in [0.1, 0.15) is 24.7 Å². The van der Waals surface area contributed by atoms with Gasteiger partial charge in [0.2, 0.25) is 0 Å². The van der Waals surface area contributed by atoms with Crippen molar-refractivity contribution >= 4 is 23.2 Å². The molecule has 0 amide bonds. The van der Waals surface area contributed by atoms with Crippen molar-refractivity contribution in [3.05, 3.63) is 62.8 Å². The van der Waals surface area contributed by atoms with E-state index in [-0.39, 0.29) is 28.2 Å². The lowest BCUT2D eigenvalue weighted by Crippen LogP contribution is -2.36. The average molecular weight is 466 g/mol. The highest BCUT2D eigenvalue weighted by Crippen LogP contribution is 2.29. The van der Waals surface area contributed by atoms with Gasteiger partial charge >= 0.3 is 11.9 Å². The highest BCUT2D eigenvalue weighted by Gasteiger charge is 2.38. The molecule has 0 unspecified atom stereocenters. The largest absolute Gasteiger partial charge is 0.416 e. The Labute approximate surface area is 177 Å². The average Bonchev–Trinajstić information content (AvgIpc) is 3.22. The topological polar surface area (TPSA) is 98.1 Å². The second-order valence-corrected chi connectivity index (χ2v) is 7.25. The maximum atomic E-state index is 12.5. The fourth-order valence-corrected chi connectivity index (χ4v) is 3.07. The van der Waals surface area contributed by atoms with Gasteiger partial charge in [0.25, 0.3) is 0 Å². The van der Waals surface area contributed by atoms with Crippen LogP contribution in [0.2, 0.25) is 10.0 Å². The number of hydrogen-bond acceptors (Lipinski definition) is 5. The maximum Gasteiger partial charge on any atom is 0.416 e. The fourth-order valence-electron chi connectivity index (χ4n) is 2.69. The van der Waals surface area contributed by atoms with Gasteiger partial charge in [0.05, 0.1) is 28.8 Å². The van der Waals surface area contributed by atoms with Gasteiger partial charge in [-0.3, -0.25) is 9.13 Å². The Morgan fingerprint density at radius 2 is 1.83 bits per heavy atom. The van der Waals surface area contributed by atoms with Crippen LogP contribution in [0.15, 0.2) is 35.4 Å². The number of aliphatic hydroxyl groups excluding tert-OH is 2. The van der Waals surface area contributed by atoms with E-state index >= 15 is 0 Å². The molecule has 0 radical (unpaired) electrons. The highest BCUT2D eigenvalue weighted by molar-refractivity contribution is 6.43. The molecule has 0 bridgehead atoms. The molecule has 2 heterocycles. The van der Waals surface area contributed by atoms with Crippen LogP contribution < -0.4 is 5.69 Å². The fraction of sp³-hybridized carbons (Fsp3) is 0.353. The Bertz CT molecular complexity index is 1110. The van der Waals surface area contributed by atoms with Crippen LogP contribution in [0.25, 0.3) is 5.69 Å². The Hall–Kier alpha value is -2.34. The van der Waals surface area contributed by atoms with Crippen molar-refractivity contribution in [2.45, 2.75) is 38.4 Å². The van der Waals surface area contributed by atoms with Crippen molar-refractivity contribution in [2.24, 2.45) is 0 Å². The number of aromatic nitrogens is 5. The molecular formula is C17H16Cl2F3N5O3. The van der Waals surface area contributed by atoms with Crippen molar-refractivity contribution in [1.29, 1.82) is 0 Å². The third-order valence-corrected chi connectivity index (χ3v) is 5.00. The van der Waals surface area contributed by atoms with Crippen LogP contribution in [0.3, 0.4) is 0 Å². The molecule has 0 aliphatic heterocycles. The lowest BCUT2D eigenvalue weighted by atomic mass is 10.3. The number of rotatable bonds is 6. The van der Waals surface area contributed by atoms with Gasteiger partial charge in [0.15, 0.2) is 17.8 Å². The maximum absolute atomic E-state index is 12.5. The first-order valence-electron chi connectivity index (χ1n) is 8.57. The molecule has 0 saturated heterocycles. The van der Waals surface area contributed by atoms with Crippen molar-refractivity contribution in [3.8, 4) is 5.69 Å². The van der Waals surface area contributed by atoms with Gasteiger partial charge in [0, 0.05) is 12.4 Å². The third-order valence-electron chi connectivity index (χ3n) is 4.19. The molecule has 3 aromatic rings. The molecule has 30 heavy (non-hydrogen) atoms. The summed E-state index contributed by atoms with van der Waals surface area (Å²) in [4.78, 5) is 16.5. The van der Waals surface area contributed by atoms with Gasteiger partial charge in [-0.1, -0.05) is 29.3 Å². The molecule has 8 nitrogen and oxygen atoms in total. The molecular weight excluding hydrogens is 450 g/mol. The minimum atomic E-state index is -4.84. The molecule has 0 aliphatic rings. The Kier molecular flexibility index (Phi) is 6.27. The molecule has 2 N–H and O–H groups in total. The summed E-state index contributed by atoms with van der Waals surface area (Å²) >= 11 is 12.2. The molecule has 2 aromatic heterocycles. The van der Waals surface area contributed by atoms with E-state index < -0.39 is 30.6 Å². The summed E-state index contributed by atoms with van der Waals surface area (Å²) in [5.41, 5.74) is -0.425. The van der Waals surface area contributed by atoms with Gasteiger partial charge in [-0.05, 0) is 19.1 Å². The van der Waals surface area contributed by atoms with Crippen LogP contribution in [-0.4, -0.2) is 46.4 Å². The number of imidazole rings is 1. The third kappa shape index (κ3) is 4.53. The number of halogens is 5. The second-order valence-electron chi connectivity index (χ2n) is 6.47. The molecule has 0 aliphatic carbocycles. The molecule has 0 saturated carbocycles. The van der Waals surface area contributed by atoms with Crippen LogP contribution in [0.5, 0.6) is 0 Å². The van der Waals surface area contributed by atoms with Crippen LogP contribution >= 0.6 is 23.2 Å². The second kappa shape index (κ2) is 8.42. The number of benzene rings is 1. The predicted molar refractivity (Wildman–Crippen MR) is 102 cm³/mol. The van der Waals surface area contributed by atoms with Crippen molar-refractivity contribution in [3.63, 3.8) is 0 Å². The van der Waals surface area contributed by atoms with Crippen LogP contribution in [-0.2, 0) is 13.1 Å². The molecule has 2 atom stereocenters. The Balaban J connectivity index is 1.92. The van der Waals surface area contributed by atoms with E-state index in [1.807, 2.05) is 0 Å². The smallest absolute Gasteiger partial charge is 0.385 e. The van der Waals surface area contributed by atoms with E-state index in [1.165, 1.54) is 17.8 Å². The highest BCUT2D eigenvalue weighted by atomic mass is 35.5. The van der Waals surface area contributed by atoms with Gasteiger partial charge in [0.1, 0.15) is 6.10 Å². The standard InChI is InChI=1S/C17H16Cl2F3N5O3/c1-9(28)15-23-13(24-27(15)11-4-2-3-10(18)14(11)19)8-26-6-5-25(16(26)30)7-12(29)17(20,21)22/h2-6,9,12,28-29H,7-8H2,1H3/t9-,12-/m0/s1. The van der Waals surface area contributed by atoms with Gasteiger partial charge in [-0.25, -0.2) is 14.5 Å². The van der Waals surface area contributed by atoms with Crippen LogP contribution in [0.4, 0.5) is 13.2 Å². The predicted octanol–water partition coefficient (Wildman–Crippen LogP) is 2.56. The van der Waals surface area contributed by atoms with Crippen molar-refractivity contribution < 1.29 is 23.4 Å².